The van der Waals surface area contributed by atoms with Gasteiger partial charge in [-0.3, -0.25) is 0 Å². The van der Waals surface area contributed by atoms with Crippen molar-refractivity contribution in [2.75, 3.05) is 0 Å². The van der Waals surface area contributed by atoms with Crippen LogP contribution >= 0.6 is 11.8 Å². The van der Waals surface area contributed by atoms with Crippen LogP contribution in [0.3, 0.4) is 0 Å². The fraction of sp³-hybridized carbons (Fsp3) is 0.700. The summed E-state index contributed by atoms with van der Waals surface area (Å²) in [4.78, 5) is 0. The molecule has 0 radical (unpaired) electrons. The minimum atomic E-state index is -0.277. The summed E-state index contributed by atoms with van der Waals surface area (Å²) in [5.41, 5.74) is 2.11. The number of nitrogens with zero attached hydrogens (tertiary/aromatic N) is 1. The second-order valence-electron chi connectivity index (χ2n) is 3.56. The van der Waals surface area contributed by atoms with Crippen molar-refractivity contribution in [3.05, 3.63) is 17.0 Å². The molecule has 0 spiro atoms. The zero-order chi connectivity index (χ0) is 10.7. The lowest BCUT2D eigenvalue weighted by molar-refractivity contribution is 0.196. The molecule has 0 aliphatic carbocycles. The van der Waals surface area contributed by atoms with Crippen molar-refractivity contribution in [1.29, 1.82) is 0 Å². The summed E-state index contributed by atoms with van der Waals surface area (Å²) in [5, 5.41) is 13.5. The van der Waals surface area contributed by atoms with Gasteiger partial charge in [0.2, 0.25) is 0 Å². The maximum atomic E-state index is 9.33. The van der Waals surface area contributed by atoms with Crippen molar-refractivity contribution in [2.45, 2.75) is 44.8 Å². The van der Waals surface area contributed by atoms with E-state index in [1.54, 1.807) is 11.8 Å². The van der Waals surface area contributed by atoms with Gasteiger partial charge in [-0.1, -0.05) is 12.1 Å². The zero-order valence-corrected chi connectivity index (χ0v) is 9.89. The lowest BCUT2D eigenvalue weighted by Crippen LogP contribution is -2.15. The van der Waals surface area contributed by atoms with Crippen molar-refractivity contribution >= 4 is 11.8 Å². The van der Waals surface area contributed by atoms with Gasteiger partial charge in [-0.25, -0.2) is 0 Å². The minimum absolute atomic E-state index is 0.240. The standard InChI is InChI=1S/C10H17NO2S/c1-6-10(8(3)13-11-6)5-14-9(4)7(2)12/h7,9,12H,5H2,1-4H3. The molecule has 0 saturated carbocycles. The SMILES string of the molecule is Cc1noc(C)c1CSC(C)C(C)O. The largest absolute Gasteiger partial charge is 0.392 e. The smallest absolute Gasteiger partial charge is 0.137 e. The first-order valence-electron chi connectivity index (χ1n) is 4.73. The number of hydrogen-bond donors (Lipinski definition) is 1. The number of aliphatic hydroxyl groups excluding tert-OH is 1. The maximum absolute atomic E-state index is 9.33. The van der Waals surface area contributed by atoms with Crippen LogP contribution in [-0.2, 0) is 5.75 Å². The third kappa shape index (κ3) is 2.75. The average molecular weight is 215 g/mol. The molecule has 4 heteroatoms. The van der Waals surface area contributed by atoms with Crippen LogP contribution in [0.2, 0.25) is 0 Å². The van der Waals surface area contributed by atoms with Crippen molar-refractivity contribution in [3.63, 3.8) is 0 Å². The Bertz CT molecular complexity index is 277. The molecule has 80 valence electrons. The Hall–Kier alpha value is -0.480. The molecular formula is C10H17NO2S. The van der Waals surface area contributed by atoms with E-state index in [9.17, 15) is 5.11 Å². The summed E-state index contributed by atoms with van der Waals surface area (Å²) >= 11 is 1.72. The molecule has 2 unspecified atom stereocenters. The molecule has 0 amide bonds. The molecule has 1 N–H and O–H groups in total. The third-order valence-corrected chi connectivity index (χ3v) is 3.73. The first-order valence-corrected chi connectivity index (χ1v) is 5.78. The first-order chi connectivity index (χ1) is 6.52. The van der Waals surface area contributed by atoms with E-state index >= 15 is 0 Å². The van der Waals surface area contributed by atoms with Gasteiger partial charge in [-0.15, -0.1) is 0 Å². The first kappa shape index (κ1) is 11.6. The Morgan fingerprint density at radius 3 is 2.50 bits per heavy atom. The Morgan fingerprint density at radius 1 is 1.43 bits per heavy atom. The molecule has 14 heavy (non-hydrogen) atoms. The van der Waals surface area contributed by atoms with Gasteiger partial charge in [0.25, 0.3) is 0 Å². The lowest BCUT2D eigenvalue weighted by Gasteiger charge is -2.13. The number of aliphatic hydroxyl groups is 1. The molecule has 3 nitrogen and oxygen atoms in total. The van der Waals surface area contributed by atoms with Gasteiger partial charge < -0.3 is 9.63 Å². The highest BCUT2D eigenvalue weighted by atomic mass is 32.2. The summed E-state index contributed by atoms with van der Waals surface area (Å²) in [6.45, 7) is 7.70. The van der Waals surface area contributed by atoms with E-state index in [1.807, 2.05) is 27.7 Å². The molecule has 0 aromatic carbocycles. The van der Waals surface area contributed by atoms with Crippen molar-refractivity contribution in [3.8, 4) is 0 Å². The summed E-state index contributed by atoms with van der Waals surface area (Å²) in [7, 11) is 0. The lowest BCUT2D eigenvalue weighted by atomic mass is 10.2. The van der Waals surface area contributed by atoms with Crippen molar-refractivity contribution in [1.82, 2.24) is 5.16 Å². The summed E-state index contributed by atoms with van der Waals surface area (Å²) in [5.74, 6) is 1.74. The van der Waals surface area contributed by atoms with E-state index in [2.05, 4.69) is 5.16 Å². The fourth-order valence-electron chi connectivity index (χ4n) is 1.06. The van der Waals surface area contributed by atoms with Gasteiger partial charge in [-0.2, -0.15) is 11.8 Å². The van der Waals surface area contributed by atoms with Crippen LogP contribution in [0.15, 0.2) is 4.52 Å². The molecule has 0 aliphatic rings. The van der Waals surface area contributed by atoms with Crippen molar-refractivity contribution < 1.29 is 9.63 Å². The van der Waals surface area contributed by atoms with Gasteiger partial charge in [0.05, 0.1) is 11.8 Å². The van der Waals surface area contributed by atoms with Crippen LogP contribution in [0.1, 0.15) is 30.9 Å². The average Bonchev–Trinajstić information content (AvgIpc) is 2.43. The highest BCUT2D eigenvalue weighted by Crippen LogP contribution is 2.23. The number of rotatable bonds is 4. The van der Waals surface area contributed by atoms with E-state index in [4.69, 9.17) is 4.52 Å². The highest BCUT2D eigenvalue weighted by Gasteiger charge is 2.13. The summed E-state index contributed by atoms with van der Waals surface area (Å²) in [6.07, 6.45) is -0.277. The number of hydrogen-bond acceptors (Lipinski definition) is 4. The predicted molar refractivity (Wildman–Crippen MR) is 58.4 cm³/mol. The van der Waals surface area contributed by atoms with Gasteiger partial charge in [0, 0.05) is 16.6 Å². The fourth-order valence-corrected chi connectivity index (χ4v) is 2.18. The Morgan fingerprint density at radius 2 is 2.07 bits per heavy atom. The Balaban J connectivity index is 2.53. The van der Waals surface area contributed by atoms with E-state index in [0.717, 1.165) is 22.8 Å². The van der Waals surface area contributed by atoms with Crippen LogP contribution in [0.25, 0.3) is 0 Å². The van der Waals surface area contributed by atoms with E-state index < -0.39 is 0 Å². The van der Waals surface area contributed by atoms with Crippen LogP contribution in [0, 0.1) is 13.8 Å². The molecule has 2 atom stereocenters. The molecule has 0 aliphatic heterocycles. The van der Waals surface area contributed by atoms with Crippen LogP contribution < -0.4 is 0 Å². The number of aryl methyl sites for hydroxylation is 2. The van der Waals surface area contributed by atoms with E-state index in [-0.39, 0.29) is 11.4 Å². The molecular weight excluding hydrogens is 198 g/mol. The zero-order valence-electron chi connectivity index (χ0n) is 9.07. The molecule has 1 aromatic rings. The number of aromatic nitrogens is 1. The van der Waals surface area contributed by atoms with E-state index in [1.165, 1.54) is 0 Å². The topological polar surface area (TPSA) is 46.3 Å². The van der Waals surface area contributed by atoms with Crippen LogP contribution in [0.4, 0.5) is 0 Å². The van der Waals surface area contributed by atoms with Crippen molar-refractivity contribution in [2.24, 2.45) is 0 Å². The molecule has 0 bridgehead atoms. The highest BCUT2D eigenvalue weighted by molar-refractivity contribution is 7.99. The molecule has 1 aromatic heterocycles. The summed E-state index contributed by atoms with van der Waals surface area (Å²) in [6, 6.07) is 0. The van der Waals surface area contributed by atoms with Crippen LogP contribution in [0.5, 0.6) is 0 Å². The second-order valence-corrected chi connectivity index (χ2v) is 4.93. The monoisotopic (exact) mass is 215 g/mol. The molecule has 0 fully saturated rings. The van der Waals surface area contributed by atoms with Gasteiger partial charge in [0.15, 0.2) is 0 Å². The minimum Gasteiger partial charge on any atom is -0.392 e. The van der Waals surface area contributed by atoms with Gasteiger partial charge in [0.1, 0.15) is 5.76 Å². The normalized spacial score (nSPS) is 15.5. The van der Waals surface area contributed by atoms with E-state index in [0.29, 0.717) is 0 Å². The molecule has 1 heterocycles. The number of thioether (sulfide) groups is 1. The molecule has 1 rings (SSSR count). The molecule has 0 saturated heterocycles. The predicted octanol–water partition coefficient (Wildman–Crippen LogP) is 2.29. The Kier molecular flexibility index (Phi) is 4.01. The Labute approximate surface area is 88.9 Å². The van der Waals surface area contributed by atoms with Crippen LogP contribution in [-0.4, -0.2) is 21.6 Å². The van der Waals surface area contributed by atoms with Gasteiger partial charge >= 0.3 is 0 Å². The quantitative estimate of drug-likeness (QED) is 0.837. The maximum Gasteiger partial charge on any atom is 0.137 e. The van der Waals surface area contributed by atoms with Gasteiger partial charge in [-0.05, 0) is 20.8 Å². The third-order valence-electron chi connectivity index (χ3n) is 2.35. The summed E-state index contributed by atoms with van der Waals surface area (Å²) < 4.78 is 5.06. The second kappa shape index (κ2) is 4.84.